The van der Waals surface area contributed by atoms with Crippen LogP contribution in [0.3, 0.4) is 0 Å². The van der Waals surface area contributed by atoms with E-state index < -0.39 is 0 Å². The van der Waals surface area contributed by atoms with E-state index in [1.807, 2.05) is 16.8 Å². The molecule has 25 heavy (non-hydrogen) atoms. The van der Waals surface area contributed by atoms with Crippen molar-refractivity contribution in [1.82, 2.24) is 19.3 Å². The molecule has 0 amide bonds. The Morgan fingerprint density at radius 2 is 1.84 bits per heavy atom. The molecule has 136 valence electrons. The molecular weight excluding hydrogens is 336 g/mol. The van der Waals surface area contributed by atoms with Gasteiger partial charge in [0, 0.05) is 25.1 Å². The fourth-order valence-corrected chi connectivity index (χ4v) is 3.61. The molecule has 0 bridgehead atoms. The number of methoxy groups -OCH3 is 1. The fraction of sp³-hybridized carbons (Fsp3) is 0.588. The third kappa shape index (κ3) is 4.33. The van der Waals surface area contributed by atoms with E-state index in [2.05, 4.69) is 16.5 Å². The van der Waals surface area contributed by atoms with Gasteiger partial charge in [-0.2, -0.15) is 4.68 Å². The first kappa shape index (κ1) is 18.2. The summed E-state index contributed by atoms with van der Waals surface area (Å²) in [5, 5.41) is 4.83. The maximum absolute atomic E-state index is 5.71. The molecule has 3 heterocycles. The van der Waals surface area contributed by atoms with Crippen LogP contribution in [0.15, 0.2) is 24.5 Å². The number of pyridine rings is 1. The average Bonchev–Trinajstić information content (AvgIpc) is 2.97. The van der Waals surface area contributed by atoms with E-state index in [4.69, 9.17) is 22.1 Å². The number of ether oxygens (including phenoxy) is 1. The number of piperazine rings is 1. The van der Waals surface area contributed by atoms with Crippen molar-refractivity contribution in [2.45, 2.75) is 20.1 Å². The van der Waals surface area contributed by atoms with Gasteiger partial charge in [0.15, 0.2) is 12.5 Å². The smallest absolute Gasteiger partial charge is 0.203 e. The lowest BCUT2D eigenvalue weighted by Crippen LogP contribution is -3.27. The molecule has 0 aliphatic carbocycles. The zero-order chi connectivity index (χ0) is 17.6. The molecule has 0 spiro atoms. The largest absolute Gasteiger partial charge is 0.383 e. The first-order valence-electron chi connectivity index (χ1n) is 8.97. The van der Waals surface area contributed by atoms with Gasteiger partial charge < -0.3 is 14.5 Å². The van der Waals surface area contributed by atoms with Crippen molar-refractivity contribution < 1.29 is 14.5 Å². The van der Waals surface area contributed by atoms with E-state index in [0.29, 0.717) is 13.2 Å². The number of aromatic nitrogens is 4. The normalized spacial score (nSPS) is 20.7. The van der Waals surface area contributed by atoms with E-state index in [1.165, 1.54) is 32.7 Å². The van der Waals surface area contributed by atoms with Gasteiger partial charge >= 0.3 is 0 Å². The minimum atomic E-state index is 0.615. The van der Waals surface area contributed by atoms with Crippen molar-refractivity contribution in [2.75, 3.05) is 46.4 Å². The summed E-state index contributed by atoms with van der Waals surface area (Å²) in [6.45, 7) is 10.4. The minimum absolute atomic E-state index is 0.615. The maximum Gasteiger partial charge on any atom is 0.203 e. The quantitative estimate of drug-likeness (QED) is 0.612. The van der Waals surface area contributed by atoms with Crippen molar-refractivity contribution >= 4 is 12.2 Å². The highest BCUT2D eigenvalue weighted by Gasteiger charge is 2.23. The van der Waals surface area contributed by atoms with Crippen molar-refractivity contribution in [3.63, 3.8) is 0 Å². The molecule has 0 aromatic carbocycles. The Morgan fingerprint density at radius 1 is 1.16 bits per heavy atom. The van der Waals surface area contributed by atoms with E-state index in [-0.39, 0.29) is 0 Å². The lowest BCUT2D eigenvalue weighted by atomic mass is 10.2. The zero-order valence-corrected chi connectivity index (χ0v) is 15.9. The molecule has 8 heteroatoms. The SMILES string of the molecule is CC[NH+]1CC[NH+](Cn2nc(-c3ccncc3)n(CCOC)c2=S)CC1. The van der Waals surface area contributed by atoms with Crippen molar-refractivity contribution in [3.8, 4) is 11.4 Å². The number of likely N-dealkylation sites (N-methyl/N-ethyl adjacent to an activating group) is 1. The summed E-state index contributed by atoms with van der Waals surface area (Å²) in [6.07, 6.45) is 3.58. The van der Waals surface area contributed by atoms with Crippen LogP contribution in [0.1, 0.15) is 6.92 Å². The van der Waals surface area contributed by atoms with E-state index in [9.17, 15) is 0 Å². The Kier molecular flexibility index (Phi) is 6.30. The first-order valence-corrected chi connectivity index (χ1v) is 9.38. The van der Waals surface area contributed by atoms with Crippen LogP contribution < -0.4 is 9.80 Å². The minimum Gasteiger partial charge on any atom is -0.383 e. The number of hydrogen-bond donors (Lipinski definition) is 2. The fourth-order valence-electron chi connectivity index (χ4n) is 3.32. The van der Waals surface area contributed by atoms with E-state index in [0.717, 1.165) is 22.8 Å². The van der Waals surface area contributed by atoms with Crippen LogP contribution in [0.4, 0.5) is 0 Å². The van der Waals surface area contributed by atoms with Crippen LogP contribution in [-0.2, 0) is 18.0 Å². The molecule has 0 atom stereocenters. The van der Waals surface area contributed by atoms with Crippen LogP contribution in [-0.4, -0.2) is 65.8 Å². The highest BCUT2D eigenvalue weighted by atomic mass is 32.1. The average molecular weight is 365 g/mol. The summed E-state index contributed by atoms with van der Waals surface area (Å²) in [7, 11) is 1.71. The second-order valence-corrected chi connectivity index (χ2v) is 6.86. The van der Waals surface area contributed by atoms with Crippen molar-refractivity contribution in [2.24, 2.45) is 0 Å². The highest BCUT2D eigenvalue weighted by Crippen LogP contribution is 2.17. The van der Waals surface area contributed by atoms with Crippen LogP contribution in [0.2, 0.25) is 0 Å². The molecule has 2 N–H and O–H groups in total. The molecule has 0 radical (unpaired) electrons. The topological polar surface area (TPSA) is 53.8 Å². The molecule has 0 saturated carbocycles. The summed E-state index contributed by atoms with van der Waals surface area (Å²) in [5.74, 6) is 0.890. The summed E-state index contributed by atoms with van der Waals surface area (Å²) in [4.78, 5) is 7.34. The lowest BCUT2D eigenvalue weighted by Gasteiger charge is -2.28. The van der Waals surface area contributed by atoms with Crippen LogP contribution in [0, 0.1) is 4.77 Å². The second-order valence-electron chi connectivity index (χ2n) is 6.50. The van der Waals surface area contributed by atoms with Gasteiger partial charge in [0.25, 0.3) is 0 Å². The molecule has 3 rings (SSSR count). The predicted molar refractivity (Wildman–Crippen MR) is 98.1 cm³/mol. The number of rotatable bonds is 7. The molecule has 2 aromatic heterocycles. The Morgan fingerprint density at radius 3 is 2.48 bits per heavy atom. The third-order valence-corrected chi connectivity index (χ3v) is 5.35. The Hall–Kier alpha value is -1.61. The Balaban J connectivity index is 1.82. The lowest BCUT2D eigenvalue weighted by molar-refractivity contribution is -1.02. The molecule has 2 aromatic rings. The molecule has 1 aliphatic heterocycles. The predicted octanol–water partition coefficient (Wildman–Crippen LogP) is -1.12. The molecule has 1 fully saturated rings. The number of quaternary nitrogens is 2. The van der Waals surface area contributed by atoms with Gasteiger partial charge in [-0.25, -0.2) is 0 Å². The highest BCUT2D eigenvalue weighted by molar-refractivity contribution is 7.71. The van der Waals surface area contributed by atoms with Gasteiger partial charge in [-0.05, 0) is 31.3 Å². The summed E-state index contributed by atoms with van der Waals surface area (Å²) in [6, 6.07) is 3.95. The standard InChI is InChI=1S/C17H26N6OS/c1-3-20-8-10-21(11-9-20)14-23-17(25)22(12-13-24-2)16(19-23)15-4-6-18-7-5-15/h4-7H,3,8-14H2,1-2H3/p+2. The van der Waals surface area contributed by atoms with Gasteiger partial charge in [-0.3, -0.25) is 9.55 Å². The van der Waals surface area contributed by atoms with Crippen LogP contribution in [0.25, 0.3) is 11.4 Å². The van der Waals surface area contributed by atoms with Crippen LogP contribution in [0.5, 0.6) is 0 Å². The van der Waals surface area contributed by atoms with Gasteiger partial charge in [0.05, 0.1) is 19.7 Å². The van der Waals surface area contributed by atoms with Gasteiger partial charge in [0.1, 0.15) is 26.2 Å². The molecule has 1 aliphatic rings. The summed E-state index contributed by atoms with van der Waals surface area (Å²) in [5.41, 5.74) is 1.03. The summed E-state index contributed by atoms with van der Waals surface area (Å²) >= 11 is 5.71. The molecule has 7 nitrogen and oxygen atoms in total. The van der Waals surface area contributed by atoms with Crippen molar-refractivity contribution in [3.05, 3.63) is 29.3 Å². The van der Waals surface area contributed by atoms with Crippen molar-refractivity contribution in [1.29, 1.82) is 0 Å². The third-order valence-electron chi connectivity index (χ3n) is 4.92. The van der Waals surface area contributed by atoms with Crippen LogP contribution >= 0.6 is 12.2 Å². The molecule has 1 saturated heterocycles. The Labute approximate surface area is 153 Å². The van der Waals surface area contributed by atoms with E-state index in [1.54, 1.807) is 29.3 Å². The monoisotopic (exact) mass is 364 g/mol. The van der Waals surface area contributed by atoms with E-state index >= 15 is 0 Å². The number of nitrogens with one attached hydrogen (secondary N) is 2. The van der Waals surface area contributed by atoms with Gasteiger partial charge in [0.2, 0.25) is 4.77 Å². The Bertz CT molecular complexity index is 720. The first-order chi connectivity index (χ1) is 12.2. The number of hydrogen-bond acceptors (Lipinski definition) is 4. The zero-order valence-electron chi connectivity index (χ0n) is 15.1. The summed E-state index contributed by atoms with van der Waals surface area (Å²) < 4.78 is 10.1. The van der Waals surface area contributed by atoms with Gasteiger partial charge in [-0.15, -0.1) is 5.10 Å². The van der Waals surface area contributed by atoms with Gasteiger partial charge in [-0.1, -0.05) is 0 Å². The number of nitrogens with zero attached hydrogens (tertiary/aromatic N) is 4. The second kappa shape index (κ2) is 8.66. The maximum atomic E-state index is 5.71. The molecule has 0 unspecified atom stereocenters. The molecular formula is C17H28N6OS+2.